The Morgan fingerprint density at radius 1 is 0.410 bits per heavy atom. The molecule has 37 nitrogen and oxygen atoms in total. The highest BCUT2D eigenvalue weighted by atomic mass is 16.8. The van der Waals surface area contributed by atoms with Crippen LogP contribution in [0.3, 0.4) is 0 Å². The molecule has 6 rings (SSSR count). The molecular weight excluding hydrogens is 1140 g/mol. The van der Waals surface area contributed by atoms with E-state index in [0.717, 1.165) is 13.8 Å². The first-order valence-electron chi connectivity index (χ1n) is 26.4. The van der Waals surface area contributed by atoms with Crippen molar-refractivity contribution in [3.05, 3.63) is 0 Å². The highest BCUT2D eigenvalue weighted by Gasteiger charge is 2.59. The zero-order valence-corrected chi connectivity index (χ0v) is 44.7. The summed E-state index contributed by atoms with van der Waals surface area (Å²) in [5.74, 6) is -1.81. The van der Waals surface area contributed by atoms with Gasteiger partial charge in [0, 0.05) is 13.8 Å². The van der Waals surface area contributed by atoms with Gasteiger partial charge in [0.15, 0.2) is 37.7 Å². The van der Waals surface area contributed by atoms with Gasteiger partial charge in [-0.3, -0.25) is 9.59 Å². The Morgan fingerprint density at radius 3 is 1.34 bits per heavy atom. The number of hydrogen-bond donors (Lipinski definition) is 23. The van der Waals surface area contributed by atoms with Gasteiger partial charge in [-0.15, -0.1) is 0 Å². The average Bonchev–Trinajstić information content (AvgIpc) is 2.64. The van der Waals surface area contributed by atoms with Gasteiger partial charge in [-0.25, -0.2) is 0 Å². The Labute approximate surface area is 471 Å². The molecule has 0 aromatic rings. The number of nitrogens with one attached hydrogen (secondary N) is 2. The Morgan fingerprint density at radius 2 is 0.831 bits per heavy atom. The van der Waals surface area contributed by atoms with Gasteiger partial charge in [0.1, 0.15) is 165 Å². The summed E-state index contributed by atoms with van der Waals surface area (Å²) in [6.45, 7) is -4.23. The second-order valence-corrected chi connectivity index (χ2v) is 20.8. The van der Waals surface area contributed by atoms with Gasteiger partial charge < -0.3 is 175 Å². The summed E-state index contributed by atoms with van der Waals surface area (Å²) < 4.78 is 70.3. The van der Waals surface area contributed by atoms with Crippen molar-refractivity contribution >= 4 is 11.8 Å². The molecule has 2 amide bonds. The van der Waals surface area contributed by atoms with Crippen molar-refractivity contribution in [1.82, 2.24) is 10.6 Å². The van der Waals surface area contributed by atoms with E-state index in [2.05, 4.69) is 10.6 Å². The molecule has 34 atom stereocenters. The molecule has 0 aromatic heterocycles. The number of rotatable bonds is 24. The molecule has 0 unspecified atom stereocenters. The average molecular weight is 1220 g/mol. The van der Waals surface area contributed by atoms with Crippen molar-refractivity contribution in [3.63, 3.8) is 0 Å². The molecule has 83 heavy (non-hydrogen) atoms. The molecule has 6 aliphatic rings. The third kappa shape index (κ3) is 15.7. The van der Waals surface area contributed by atoms with Crippen LogP contribution in [0.25, 0.3) is 0 Å². The first kappa shape index (κ1) is 69.7. The Hall–Kier alpha value is -2.38. The molecule has 6 heterocycles. The molecule has 6 aliphatic heterocycles. The molecule has 0 aromatic carbocycles. The summed E-state index contributed by atoms with van der Waals surface area (Å²) in [6, 6.07) is -3.70. The van der Waals surface area contributed by atoms with Crippen LogP contribution in [0.4, 0.5) is 0 Å². The van der Waals surface area contributed by atoms with Crippen LogP contribution in [0.2, 0.25) is 0 Å². The zero-order valence-electron chi connectivity index (χ0n) is 44.7. The maximum atomic E-state index is 13.2. The lowest BCUT2D eigenvalue weighted by Crippen LogP contribution is -2.71. The SMILES string of the molecule is CC(=O)N[C@H]1[C@H](OC[C@H]2O[C@@H](O[C@@H]([C@H](O)[C@@H](O)CO)[C@H](O)CO)[C@H](O)[C@@H](O[C@@H]3O[C@H](CO)[C@@H](O[C@@H]4O[C@@H](C)[C@@H](O)[C@@H](O)[C@@H]4O)[C@H](O[C@@H]4O[C@H](CO)[C@H](O)[C@H](O)[C@H]4O)[C@H]3NC(C)=O)[C@H]2O)O[C@H](CO)[C@@H](O[C@@H]2O[C@H](CO)[C@H](O)[C@H](O)[C@H]2O)[C@@H]1O. The Balaban J connectivity index is 1.37. The monoisotopic (exact) mass is 1220 g/mol. The van der Waals surface area contributed by atoms with Crippen molar-refractivity contribution in [1.29, 1.82) is 0 Å². The standard InChI is InChI=1S/C46H80N2O35/c1-11-23(59)29(65)32(68)43(73-11)81-38-19(9-54)77-42(22(48-13(3)56)39(38)82-45-34(70)31(67)26(62)17(7-52)75-45)83-40-27(63)20(78-46(35(40)71)79-36(15(58)5-50)24(60)14(57)4-49)10-72-41-21(47-12(2)55)28(64)37(18(8-53)76-41)80-44-33(69)30(66)25(61)16(6-51)74-44/h11,14-46,49-54,57-71H,4-10H2,1-3H3,(H,47,55)(H,48,56)/t11-,14-,15+,16+,17+,18+,19+,20+,21+,22+,23+,24+,25-,26-,27-,28+,29+,30-,31-,32-,33+,34+,35+,36+,37+,38+,39+,40-,41+,42-,43-,44-,45-,46-/m0/s1. The number of ether oxygens (including phenoxy) is 12. The first-order chi connectivity index (χ1) is 39.2. The Kier molecular flexibility index (Phi) is 25.8. The molecule has 0 saturated carbocycles. The van der Waals surface area contributed by atoms with Crippen molar-refractivity contribution in [2.45, 2.75) is 229 Å². The molecule has 0 radical (unpaired) electrons. The van der Waals surface area contributed by atoms with Gasteiger partial charge in [-0.05, 0) is 6.92 Å². The predicted octanol–water partition coefficient (Wildman–Crippen LogP) is -15.3. The van der Waals surface area contributed by atoms with E-state index in [1.165, 1.54) is 6.92 Å². The van der Waals surface area contributed by atoms with Crippen molar-refractivity contribution in [2.75, 3.05) is 46.2 Å². The summed E-state index contributed by atoms with van der Waals surface area (Å²) in [5.41, 5.74) is 0. The van der Waals surface area contributed by atoms with E-state index in [9.17, 15) is 117 Å². The van der Waals surface area contributed by atoms with Crippen LogP contribution in [0, 0.1) is 0 Å². The number of aliphatic hydroxyl groups is 21. The topological polar surface area (TPSA) is 594 Å². The fourth-order valence-corrected chi connectivity index (χ4v) is 10.2. The van der Waals surface area contributed by atoms with Gasteiger partial charge in [0.25, 0.3) is 0 Å². The van der Waals surface area contributed by atoms with Gasteiger partial charge in [0.05, 0.1) is 52.4 Å². The lowest BCUT2D eigenvalue weighted by molar-refractivity contribution is -0.389. The lowest BCUT2D eigenvalue weighted by Gasteiger charge is -2.51. The van der Waals surface area contributed by atoms with Crippen LogP contribution in [0.15, 0.2) is 0 Å². The zero-order chi connectivity index (χ0) is 61.6. The molecule has 6 fully saturated rings. The summed E-state index contributed by atoms with van der Waals surface area (Å²) >= 11 is 0. The summed E-state index contributed by atoms with van der Waals surface area (Å²) in [7, 11) is 0. The van der Waals surface area contributed by atoms with Gasteiger partial charge in [0.2, 0.25) is 11.8 Å². The quantitative estimate of drug-likeness (QED) is 0.0427. The number of hydrogen-bond acceptors (Lipinski definition) is 35. The second-order valence-electron chi connectivity index (χ2n) is 20.8. The molecule has 0 aliphatic carbocycles. The molecule has 23 N–H and O–H groups in total. The third-order valence-electron chi connectivity index (χ3n) is 14.9. The summed E-state index contributed by atoms with van der Waals surface area (Å²) in [6.07, 6.45) is -63.5. The van der Waals surface area contributed by atoms with Crippen LogP contribution in [-0.4, -0.2) is 374 Å². The maximum absolute atomic E-state index is 13.2. The number of amides is 2. The van der Waals surface area contributed by atoms with Crippen LogP contribution in [0.5, 0.6) is 0 Å². The number of carbonyl (C=O) groups is 2. The van der Waals surface area contributed by atoms with E-state index in [1.54, 1.807) is 0 Å². The van der Waals surface area contributed by atoms with Crippen molar-refractivity contribution in [2.24, 2.45) is 0 Å². The van der Waals surface area contributed by atoms with E-state index in [1.807, 2.05) is 0 Å². The normalized spacial score (nSPS) is 46.8. The lowest BCUT2D eigenvalue weighted by atomic mass is 9.93. The largest absolute Gasteiger partial charge is 0.394 e. The third-order valence-corrected chi connectivity index (χ3v) is 14.9. The minimum atomic E-state index is -2.43. The van der Waals surface area contributed by atoms with Gasteiger partial charge in [-0.1, -0.05) is 0 Å². The summed E-state index contributed by atoms with van der Waals surface area (Å²) in [4.78, 5) is 25.8. The van der Waals surface area contributed by atoms with E-state index >= 15 is 0 Å². The van der Waals surface area contributed by atoms with E-state index in [-0.39, 0.29) is 0 Å². The molecule has 37 heteroatoms. The van der Waals surface area contributed by atoms with Crippen molar-refractivity contribution < 1.29 is 174 Å². The van der Waals surface area contributed by atoms with Crippen molar-refractivity contribution in [3.8, 4) is 0 Å². The fraction of sp³-hybridized carbons (Fsp3) is 0.957. The van der Waals surface area contributed by atoms with Crippen LogP contribution < -0.4 is 10.6 Å². The summed E-state index contributed by atoms with van der Waals surface area (Å²) in [5, 5.41) is 229. The van der Waals surface area contributed by atoms with Crippen LogP contribution >= 0.6 is 0 Å². The second kappa shape index (κ2) is 30.7. The van der Waals surface area contributed by atoms with E-state index in [4.69, 9.17) is 56.8 Å². The first-order valence-corrected chi connectivity index (χ1v) is 26.4. The molecule has 484 valence electrons. The highest BCUT2D eigenvalue weighted by Crippen LogP contribution is 2.38. The fourth-order valence-electron chi connectivity index (χ4n) is 10.2. The van der Waals surface area contributed by atoms with Crippen LogP contribution in [-0.2, 0) is 66.4 Å². The molecule has 0 spiro atoms. The molecule has 0 bridgehead atoms. The highest BCUT2D eigenvalue weighted by molar-refractivity contribution is 5.73. The Bertz CT molecular complexity index is 1990. The smallest absolute Gasteiger partial charge is 0.217 e. The minimum absolute atomic E-state index is 0.853. The van der Waals surface area contributed by atoms with Gasteiger partial charge in [-0.2, -0.15) is 0 Å². The predicted molar refractivity (Wildman–Crippen MR) is 256 cm³/mol. The minimum Gasteiger partial charge on any atom is -0.394 e. The number of aliphatic hydroxyl groups excluding tert-OH is 21. The molecule has 6 saturated heterocycles. The maximum Gasteiger partial charge on any atom is 0.217 e. The number of carbonyl (C=O) groups excluding carboxylic acids is 2. The molecular formula is C46H80N2O35. The van der Waals surface area contributed by atoms with E-state index in [0.29, 0.717) is 0 Å². The van der Waals surface area contributed by atoms with E-state index < -0.39 is 267 Å². The van der Waals surface area contributed by atoms with Gasteiger partial charge >= 0.3 is 0 Å². The van der Waals surface area contributed by atoms with Crippen LogP contribution in [0.1, 0.15) is 20.8 Å².